The maximum absolute atomic E-state index is 12.8. The molecule has 0 unspecified atom stereocenters. The summed E-state index contributed by atoms with van der Waals surface area (Å²) >= 11 is 0. The molecule has 11 heteroatoms. The van der Waals surface area contributed by atoms with Crippen molar-refractivity contribution >= 4 is 23.4 Å². The molecule has 188 valence electrons. The molecule has 1 aromatic heterocycles. The lowest BCUT2D eigenvalue weighted by Crippen LogP contribution is -2.43. The molecule has 36 heavy (non-hydrogen) atoms. The van der Waals surface area contributed by atoms with Crippen LogP contribution in [-0.4, -0.2) is 47.0 Å². The van der Waals surface area contributed by atoms with E-state index < -0.39 is 41.8 Å². The number of aromatic nitrogens is 2. The molecule has 3 rings (SSSR count). The summed E-state index contributed by atoms with van der Waals surface area (Å²) in [7, 11) is 2.61. The standard InChI is InChI=1S/C25H25N3O8/c1-15(29)17-9-10-19(20(11-17)34-3)35-14-21(31)36-13-18(30)22-23(26)28(25(33)27(2)24(22)32)12-16-7-5-4-6-8-16/h4-11H,12-14,26H2,1-3H3. The van der Waals surface area contributed by atoms with Crippen molar-refractivity contribution in [1.29, 1.82) is 0 Å². The fraction of sp³-hybridized carbons (Fsp3) is 0.240. The molecule has 0 bridgehead atoms. The first-order valence-electron chi connectivity index (χ1n) is 10.8. The first kappa shape index (κ1) is 25.9. The van der Waals surface area contributed by atoms with Gasteiger partial charge in [-0.3, -0.25) is 23.5 Å². The predicted octanol–water partition coefficient (Wildman–Crippen LogP) is 1.19. The number of nitrogens with zero attached hydrogens (tertiary/aromatic N) is 2. The number of methoxy groups -OCH3 is 1. The number of esters is 1. The van der Waals surface area contributed by atoms with Crippen molar-refractivity contribution in [2.75, 3.05) is 26.1 Å². The van der Waals surface area contributed by atoms with Crippen molar-refractivity contribution in [3.05, 3.63) is 86.1 Å². The summed E-state index contributed by atoms with van der Waals surface area (Å²) in [4.78, 5) is 61.6. The highest BCUT2D eigenvalue weighted by Gasteiger charge is 2.23. The van der Waals surface area contributed by atoms with Crippen molar-refractivity contribution in [1.82, 2.24) is 9.13 Å². The Bertz CT molecular complexity index is 1420. The number of carbonyl (C=O) groups excluding carboxylic acids is 3. The van der Waals surface area contributed by atoms with E-state index in [0.717, 1.165) is 14.7 Å². The minimum absolute atomic E-state index is 0.0395. The number of ether oxygens (including phenoxy) is 3. The predicted molar refractivity (Wildman–Crippen MR) is 130 cm³/mol. The monoisotopic (exact) mass is 495 g/mol. The van der Waals surface area contributed by atoms with Crippen LogP contribution >= 0.6 is 0 Å². The summed E-state index contributed by atoms with van der Waals surface area (Å²) in [6, 6.07) is 13.3. The number of hydrogen-bond acceptors (Lipinski definition) is 9. The molecule has 1 heterocycles. The van der Waals surface area contributed by atoms with Crippen LogP contribution in [0.4, 0.5) is 5.82 Å². The number of nitrogens with two attached hydrogens (primary N) is 1. The third-order valence-corrected chi connectivity index (χ3v) is 5.33. The van der Waals surface area contributed by atoms with Gasteiger partial charge in [0.25, 0.3) is 5.56 Å². The van der Waals surface area contributed by atoms with Gasteiger partial charge < -0.3 is 19.9 Å². The summed E-state index contributed by atoms with van der Waals surface area (Å²) < 4.78 is 17.4. The number of ketones is 2. The average molecular weight is 495 g/mol. The summed E-state index contributed by atoms with van der Waals surface area (Å²) in [6.07, 6.45) is 0. The Morgan fingerprint density at radius 1 is 0.972 bits per heavy atom. The maximum Gasteiger partial charge on any atom is 0.344 e. The van der Waals surface area contributed by atoms with E-state index in [9.17, 15) is 24.0 Å². The number of anilines is 1. The van der Waals surface area contributed by atoms with Gasteiger partial charge in [0.2, 0.25) is 5.78 Å². The molecule has 0 atom stereocenters. The highest BCUT2D eigenvalue weighted by Crippen LogP contribution is 2.28. The number of Topliss-reactive ketones (excluding diaryl/α,β-unsaturated/α-hetero) is 2. The van der Waals surface area contributed by atoms with Crippen molar-refractivity contribution in [2.24, 2.45) is 7.05 Å². The Balaban J connectivity index is 1.71. The van der Waals surface area contributed by atoms with Gasteiger partial charge in [0.05, 0.1) is 13.7 Å². The zero-order valence-corrected chi connectivity index (χ0v) is 20.0. The fourth-order valence-electron chi connectivity index (χ4n) is 3.37. The number of nitrogen functional groups attached to an aromatic ring is 1. The SMILES string of the molecule is COc1cc(C(C)=O)ccc1OCC(=O)OCC(=O)c1c(N)n(Cc2ccccc2)c(=O)n(C)c1=O. The molecular weight excluding hydrogens is 470 g/mol. The molecule has 3 aromatic rings. The van der Waals surface area contributed by atoms with Gasteiger partial charge in [-0.2, -0.15) is 0 Å². The molecule has 0 spiro atoms. The van der Waals surface area contributed by atoms with Gasteiger partial charge in [0.1, 0.15) is 11.4 Å². The molecule has 11 nitrogen and oxygen atoms in total. The van der Waals surface area contributed by atoms with Crippen LogP contribution in [-0.2, 0) is 23.1 Å². The summed E-state index contributed by atoms with van der Waals surface area (Å²) in [5, 5.41) is 0. The highest BCUT2D eigenvalue weighted by molar-refractivity contribution is 6.01. The minimum atomic E-state index is -0.894. The highest BCUT2D eigenvalue weighted by atomic mass is 16.6. The lowest BCUT2D eigenvalue weighted by molar-refractivity contribution is -0.144. The van der Waals surface area contributed by atoms with Crippen LogP contribution in [0.5, 0.6) is 11.5 Å². The topological polar surface area (TPSA) is 149 Å². The summed E-state index contributed by atoms with van der Waals surface area (Å²) in [6.45, 7) is 0.0882. The van der Waals surface area contributed by atoms with E-state index in [1.807, 2.05) is 0 Å². The third kappa shape index (κ3) is 5.69. The van der Waals surface area contributed by atoms with Crippen molar-refractivity contribution < 1.29 is 28.6 Å². The molecule has 0 aliphatic heterocycles. The zero-order valence-electron chi connectivity index (χ0n) is 20.0. The van der Waals surface area contributed by atoms with E-state index in [1.165, 1.54) is 39.3 Å². The summed E-state index contributed by atoms with van der Waals surface area (Å²) in [5.74, 6) is -1.82. The van der Waals surface area contributed by atoms with E-state index in [2.05, 4.69) is 0 Å². The lowest BCUT2D eigenvalue weighted by atomic mass is 10.1. The molecule has 2 N–H and O–H groups in total. The number of benzene rings is 2. The number of carbonyl (C=O) groups is 3. The molecule has 0 radical (unpaired) electrons. The molecule has 0 aliphatic carbocycles. The second-order valence-corrected chi connectivity index (χ2v) is 7.77. The quantitative estimate of drug-likeness (QED) is 0.323. The first-order valence-corrected chi connectivity index (χ1v) is 10.8. The Labute approximate surface area is 205 Å². The van der Waals surface area contributed by atoms with Crippen LogP contribution in [0.1, 0.15) is 33.2 Å². The van der Waals surface area contributed by atoms with Gasteiger partial charge >= 0.3 is 11.7 Å². The van der Waals surface area contributed by atoms with E-state index in [-0.39, 0.29) is 29.6 Å². The smallest absolute Gasteiger partial charge is 0.344 e. The molecule has 0 amide bonds. The van der Waals surface area contributed by atoms with E-state index >= 15 is 0 Å². The lowest BCUT2D eigenvalue weighted by Gasteiger charge is -2.15. The number of hydrogen-bond donors (Lipinski definition) is 1. The van der Waals surface area contributed by atoms with Crippen LogP contribution in [0.3, 0.4) is 0 Å². The molecule has 0 saturated heterocycles. The van der Waals surface area contributed by atoms with Crippen LogP contribution in [0.25, 0.3) is 0 Å². The van der Waals surface area contributed by atoms with Crippen LogP contribution in [0, 0.1) is 0 Å². The Kier molecular flexibility index (Phi) is 8.05. The molecule has 0 aliphatic rings. The second kappa shape index (κ2) is 11.2. The fourth-order valence-corrected chi connectivity index (χ4v) is 3.37. The Morgan fingerprint density at radius 3 is 2.31 bits per heavy atom. The third-order valence-electron chi connectivity index (χ3n) is 5.33. The van der Waals surface area contributed by atoms with Crippen molar-refractivity contribution in [2.45, 2.75) is 13.5 Å². The van der Waals surface area contributed by atoms with Crippen molar-refractivity contribution in [3.63, 3.8) is 0 Å². The van der Waals surface area contributed by atoms with Crippen molar-refractivity contribution in [3.8, 4) is 11.5 Å². The van der Waals surface area contributed by atoms with E-state index in [4.69, 9.17) is 19.9 Å². The maximum atomic E-state index is 12.8. The minimum Gasteiger partial charge on any atom is -0.493 e. The van der Waals surface area contributed by atoms with Crippen LogP contribution in [0.15, 0.2) is 58.1 Å². The first-order chi connectivity index (χ1) is 17.1. The van der Waals surface area contributed by atoms with Gasteiger partial charge in [-0.25, -0.2) is 9.59 Å². The van der Waals surface area contributed by atoms with Gasteiger partial charge in [-0.1, -0.05) is 30.3 Å². The van der Waals surface area contributed by atoms with E-state index in [1.54, 1.807) is 30.3 Å². The largest absolute Gasteiger partial charge is 0.493 e. The molecule has 0 fully saturated rings. The molecule has 0 saturated carbocycles. The van der Waals surface area contributed by atoms with Crippen LogP contribution < -0.4 is 26.5 Å². The van der Waals surface area contributed by atoms with Gasteiger partial charge in [0, 0.05) is 12.6 Å². The average Bonchev–Trinajstić information content (AvgIpc) is 2.88. The van der Waals surface area contributed by atoms with Gasteiger partial charge in [0.15, 0.2) is 30.5 Å². The second-order valence-electron chi connectivity index (χ2n) is 7.77. The Hall–Kier alpha value is -4.67. The normalized spacial score (nSPS) is 10.5. The molecular formula is C25H25N3O8. The Morgan fingerprint density at radius 2 is 1.67 bits per heavy atom. The molecule has 2 aromatic carbocycles. The summed E-state index contributed by atoms with van der Waals surface area (Å²) in [5.41, 5.74) is 5.14. The van der Waals surface area contributed by atoms with Gasteiger partial charge in [-0.05, 0) is 30.7 Å². The zero-order chi connectivity index (χ0) is 26.4. The number of rotatable bonds is 10. The van der Waals surface area contributed by atoms with Crippen LogP contribution in [0.2, 0.25) is 0 Å². The van der Waals surface area contributed by atoms with E-state index in [0.29, 0.717) is 5.56 Å². The van der Waals surface area contributed by atoms with Gasteiger partial charge in [-0.15, -0.1) is 0 Å².